The maximum atomic E-state index is 5.90. The van der Waals surface area contributed by atoms with E-state index < -0.39 is 0 Å². The third kappa shape index (κ3) is 3.70. The molecular weight excluding hydrogens is 214 g/mol. The Kier molecular flexibility index (Phi) is 4.88. The molecular formula is C11H16ClNO2. The maximum absolute atomic E-state index is 5.90. The van der Waals surface area contributed by atoms with Crippen LogP contribution in [0.2, 0.25) is 5.02 Å². The summed E-state index contributed by atoms with van der Waals surface area (Å²) in [6.07, 6.45) is -0.247. The Hall–Kier alpha value is -0.770. The van der Waals surface area contributed by atoms with Gasteiger partial charge in [0.25, 0.3) is 0 Å². The molecule has 0 amide bonds. The van der Waals surface area contributed by atoms with E-state index in [9.17, 15) is 0 Å². The van der Waals surface area contributed by atoms with Crippen LogP contribution in [0, 0.1) is 6.92 Å². The van der Waals surface area contributed by atoms with Gasteiger partial charge in [-0.25, -0.2) is 0 Å². The number of anilines is 1. The van der Waals surface area contributed by atoms with E-state index in [1.165, 1.54) is 0 Å². The standard InChI is InChI=1S/C11H16ClNO2/c1-8-4-5-9(12)6-10(8)13-7-11(14-2)15-3/h4-6,11,13H,7H2,1-3H3. The summed E-state index contributed by atoms with van der Waals surface area (Å²) in [6.45, 7) is 2.61. The van der Waals surface area contributed by atoms with Crippen molar-refractivity contribution in [3.05, 3.63) is 28.8 Å². The number of rotatable bonds is 5. The molecule has 0 aliphatic heterocycles. The molecule has 1 aromatic rings. The smallest absolute Gasteiger partial charge is 0.173 e. The van der Waals surface area contributed by atoms with Crippen LogP contribution in [-0.4, -0.2) is 27.1 Å². The van der Waals surface area contributed by atoms with Gasteiger partial charge in [-0.3, -0.25) is 0 Å². The fourth-order valence-corrected chi connectivity index (χ4v) is 1.41. The predicted octanol–water partition coefficient (Wildman–Crippen LogP) is 2.68. The number of benzene rings is 1. The van der Waals surface area contributed by atoms with Gasteiger partial charge in [-0.1, -0.05) is 17.7 Å². The first-order valence-electron chi connectivity index (χ1n) is 4.73. The highest BCUT2D eigenvalue weighted by molar-refractivity contribution is 6.30. The van der Waals surface area contributed by atoms with Crippen molar-refractivity contribution in [3.8, 4) is 0 Å². The lowest BCUT2D eigenvalue weighted by molar-refractivity contribution is -0.0914. The normalized spacial score (nSPS) is 10.7. The van der Waals surface area contributed by atoms with E-state index in [2.05, 4.69) is 5.32 Å². The van der Waals surface area contributed by atoms with Crippen LogP contribution in [0.15, 0.2) is 18.2 Å². The Morgan fingerprint density at radius 2 is 2.00 bits per heavy atom. The van der Waals surface area contributed by atoms with Crippen LogP contribution in [0.4, 0.5) is 5.69 Å². The third-order valence-corrected chi connectivity index (χ3v) is 2.42. The molecule has 0 radical (unpaired) electrons. The molecule has 3 nitrogen and oxygen atoms in total. The molecule has 0 aliphatic carbocycles. The molecule has 0 saturated carbocycles. The van der Waals surface area contributed by atoms with Gasteiger partial charge < -0.3 is 14.8 Å². The second-order valence-electron chi connectivity index (χ2n) is 3.24. The molecule has 1 N–H and O–H groups in total. The zero-order valence-electron chi connectivity index (χ0n) is 9.21. The number of aryl methyl sites for hydroxylation is 1. The Balaban J connectivity index is 2.60. The molecule has 0 heterocycles. The minimum atomic E-state index is -0.247. The fourth-order valence-electron chi connectivity index (χ4n) is 1.24. The van der Waals surface area contributed by atoms with Crippen LogP contribution < -0.4 is 5.32 Å². The first-order chi connectivity index (χ1) is 7.17. The van der Waals surface area contributed by atoms with Crippen molar-refractivity contribution in [3.63, 3.8) is 0 Å². The van der Waals surface area contributed by atoms with Crippen molar-refractivity contribution >= 4 is 17.3 Å². The van der Waals surface area contributed by atoms with Gasteiger partial charge in [0.05, 0.1) is 6.54 Å². The highest BCUT2D eigenvalue weighted by atomic mass is 35.5. The summed E-state index contributed by atoms with van der Waals surface area (Å²) in [5.41, 5.74) is 2.15. The molecule has 0 bridgehead atoms. The van der Waals surface area contributed by atoms with E-state index in [0.717, 1.165) is 16.3 Å². The zero-order chi connectivity index (χ0) is 11.3. The second kappa shape index (κ2) is 5.95. The lowest BCUT2D eigenvalue weighted by atomic mass is 10.2. The molecule has 84 valence electrons. The highest BCUT2D eigenvalue weighted by Gasteiger charge is 2.05. The quantitative estimate of drug-likeness (QED) is 0.788. The summed E-state index contributed by atoms with van der Waals surface area (Å²) in [5, 5.41) is 3.94. The van der Waals surface area contributed by atoms with Crippen molar-refractivity contribution in [2.75, 3.05) is 26.1 Å². The summed E-state index contributed by atoms with van der Waals surface area (Å²) >= 11 is 5.90. The fraction of sp³-hybridized carbons (Fsp3) is 0.455. The molecule has 4 heteroatoms. The Morgan fingerprint density at radius 1 is 1.33 bits per heavy atom. The monoisotopic (exact) mass is 229 g/mol. The maximum Gasteiger partial charge on any atom is 0.173 e. The van der Waals surface area contributed by atoms with E-state index in [1.54, 1.807) is 14.2 Å². The van der Waals surface area contributed by atoms with Crippen LogP contribution in [0.5, 0.6) is 0 Å². The summed E-state index contributed by atoms with van der Waals surface area (Å²) in [4.78, 5) is 0. The SMILES string of the molecule is COC(CNc1cc(Cl)ccc1C)OC. The minimum absolute atomic E-state index is 0.247. The predicted molar refractivity (Wildman–Crippen MR) is 62.5 cm³/mol. The van der Waals surface area contributed by atoms with Crippen molar-refractivity contribution < 1.29 is 9.47 Å². The summed E-state index contributed by atoms with van der Waals surface area (Å²) in [5.74, 6) is 0. The third-order valence-electron chi connectivity index (χ3n) is 2.18. The van der Waals surface area contributed by atoms with Gasteiger partial charge in [0.15, 0.2) is 6.29 Å². The van der Waals surface area contributed by atoms with E-state index in [0.29, 0.717) is 6.54 Å². The summed E-state index contributed by atoms with van der Waals surface area (Å²) in [6, 6.07) is 5.73. The summed E-state index contributed by atoms with van der Waals surface area (Å²) in [7, 11) is 3.22. The molecule has 1 rings (SSSR count). The van der Waals surface area contributed by atoms with Gasteiger partial charge in [-0.05, 0) is 24.6 Å². The first kappa shape index (κ1) is 12.3. The van der Waals surface area contributed by atoms with Gasteiger partial charge in [-0.2, -0.15) is 0 Å². The molecule has 0 saturated heterocycles. The van der Waals surface area contributed by atoms with Gasteiger partial charge >= 0.3 is 0 Å². The van der Waals surface area contributed by atoms with E-state index in [-0.39, 0.29) is 6.29 Å². The number of hydrogen-bond donors (Lipinski definition) is 1. The van der Waals surface area contributed by atoms with Crippen molar-refractivity contribution in [2.24, 2.45) is 0 Å². The molecule has 0 unspecified atom stereocenters. The van der Waals surface area contributed by atoms with E-state index >= 15 is 0 Å². The number of methoxy groups -OCH3 is 2. The largest absolute Gasteiger partial charge is 0.380 e. The Morgan fingerprint density at radius 3 is 2.60 bits per heavy atom. The van der Waals surface area contributed by atoms with Gasteiger partial charge in [0, 0.05) is 24.9 Å². The first-order valence-corrected chi connectivity index (χ1v) is 5.10. The second-order valence-corrected chi connectivity index (χ2v) is 3.68. The van der Waals surface area contributed by atoms with E-state index in [4.69, 9.17) is 21.1 Å². The van der Waals surface area contributed by atoms with Crippen LogP contribution >= 0.6 is 11.6 Å². The minimum Gasteiger partial charge on any atom is -0.380 e. The van der Waals surface area contributed by atoms with Crippen molar-refractivity contribution in [1.82, 2.24) is 0 Å². The van der Waals surface area contributed by atoms with Crippen molar-refractivity contribution in [1.29, 1.82) is 0 Å². The molecule has 0 spiro atoms. The Labute approximate surface area is 95.3 Å². The molecule has 15 heavy (non-hydrogen) atoms. The molecule has 0 atom stereocenters. The van der Waals surface area contributed by atoms with Crippen LogP contribution in [0.3, 0.4) is 0 Å². The Bertz CT molecular complexity index is 313. The van der Waals surface area contributed by atoms with Crippen LogP contribution in [-0.2, 0) is 9.47 Å². The molecule has 0 fully saturated rings. The number of hydrogen-bond acceptors (Lipinski definition) is 3. The van der Waals surface area contributed by atoms with Crippen LogP contribution in [0.25, 0.3) is 0 Å². The highest BCUT2D eigenvalue weighted by Crippen LogP contribution is 2.20. The number of nitrogens with one attached hydrogen (secondary N) is 1. The van der Waals surface area contributed by atoms with Gasteiger partial charge in [-0.15, -0.1) is 0 Å². The van der Waals surface area contributed by atoms with Gasteiger partial charge in [0.2, 0.25) is 0 Å². The topological polar surface area (TPSA) is 30.5 Å². The number of halogens is 1. The molecule has 0 aromatic heterocycles. The average Bonchev–Trinajstić information content (AvgIpc) is 2.24. The van der Waals surface area contributed by atoms with Gasteiger partial charge in [0.1, 0.15) is 0 Å². The number of ether oxygens (including phenoxy) is 2. The summed E-state index contributed by atoms with van der Waals surface area (Å²) < 4.78 is 10.1. The zero-order valence-corrected chi connectivity index (χ0v) is 9.97. The molecule has 0 aliphatic rings. The van der Waals surface area contributed by atoms with Crippen LogP contribution in [0.1, 0.15) is 5.56 Å². The molecule has 1 aromatic carbocycles. The average molecular weight is 230 g/mol. The lowest BCUT2D eigenvalue weighted by Gasteiger charge is -2.16. The lowest BCUT2D eigenvalue weighted by Crippen LogP contribution is -2.23. The van der Waals surface area contributed by atoms with Crippen molar-refractivity contribution in [2.45, 2.75) is 13.2 Å². The van der Waals surface area contributed by atoms with E-state index in [1.807, 2.05) is 25.1 Å².